The zero-order chi connectivity index (χ0) is 15.7. The van der Waals surface area contributed by atoms with Crippen LogP contribution in [0.3, 0.4) is 0 Å². The second kappa shape index (κ2) is 8.96. The zero-order valence-electron chi connectivity index (χ0n) is 12.9. The van der Waals surface area contributed by atoms with Crippen molar-refractivity contribution >= 4 is 10.0 Å². The van der Waals surface area contributed by atoms with Crippen LogP contribution < -0.4 is 14.8 Å². The number of nitrogens with one attached hydrogen (secondary N) is 2. The minimum atomic E-state index is -3.23. The summed E-state index contributed by atoms with van der Waals surface area (Å²) in [5, 5.41) is 3.27. The van der Waals surface area contributed by atoms with Crippen LogP contribution in [-0.2, 0) is 16.6 Å². The lowest BCUT2D eigenvalue weighted by molar-refractivity contribution is 0.397. The Labute approximate surface area is 127 Å². The fourth-order valence-electron chi connectivity index (χ4n) is 1.71. The number of ether oxygens (including phenoxy) is 1. The van der Waals surface area contributed by atoms with Gasteiger partial charge in [-0.15, -0.1) is 0 Å². The highest BCUT2D eigenvalue weighted by atomic mass is 32.2. The Morgan fingerprint density at radius 1 is 1.29 bits per heavy atom. The average molecular weight is 315 g/mol. The molecule has 0 saturated carbocycles. The molecule has 7 heteroatoms. The molecule has 0 saturated heterocycles. The van der Waals surface area contributed by atoms with Crippen molar-refractivity contribution in [3.05, 3.63) is 23.9 Å². The summed E-state index contributed by atoms with van der Waals surface area (Å²) in [5.41, 5.74) is 0.806. The highest BCUT2D eigenvalue weighted by Crippen LogP contribution is 2.06. The first-order valence-electron chi connectivity index (χ1n) is 7.12. The summed E-state index contributed by atoms with van der Waals surface area (Å²) >= 11 is 0. The predicted molar refractivity (Wildman–Crippen MR) is 83.8 cm³/mol. The van der Waals surface area contributed by atoms with Gasteiger partial charge < -0.3 is 10.1 Å². The van der Waals surface area contributed by atoms with E-state index in [0.717, 1.165) is 18.5 Å². The Kier molecular flexibility index (Phi) is 7.63. The van der Waals surface area contributed by atoms with Crippen LogP contribution in [0.1, 0.15) is 32.3 Å². The Balaban J connectivity index is 2.28. The molecule has 0 bridgehead atoms. The van der Waals surface area contributed by atoms with Crippen LogP contribution in [0.5, 0.6) is 5.88 Å². The summed E-state index contributed by atoms with van der Waals surface area (Å²) in [7, 11) is -1.69. The van der Waals surface area contributed by atoms with E-state index in [4.69, 9.17) is 4.74 Å². The monoisotopic (exact) mass is 315 g/mol. The van der Waals surface area contributed by atoms with Crippen LogP contribution in [0, 0.1) is 0 Å². The summed E-state index contributed by atoms with van der Waals surface area (Å²) in [4.78, 5) is 4.04. The number of hydrogen-bond donors (Lipinski definition) is 2. The first-order valence-corrected chi connectivity index (χ1v) is 8.78. The number of pyridine rings is 1. The molecular weight excluding hydrogens is 290 g/mol. The summed E-state index contributed by atoms with van der Waals surface area (Å²) in [5.74, 6) is 0.662. The molecule has 120 valence electrons. The predicted octanol–water partition coefficient (Wildman–Crippen LogP) is 1.29. The van der Waals surface area contributed by atoms with Gasteiger partial charge in [0.1, 0.15) is 0 Å². The number of hydrogen-bond acceptors (Lipinski definition) is 5. The Morgan fingerprint density at radius 3 is 2.62 bits per heavy atom. The molecule has 0 aliphatic heterocycles. The van der Waals surface area contributed by atoms with Gasteiger partial charge >= 0.3 is 0 Å². The third kappa shape index (κ3) is 7.99. The van der Waals surface area contributed by atoms with Crippen molar-refractivity contribution in [3.63, 3.8) is 0 Å². The molecule has 0 amide bonds. The molecule has 1 rings (SSSR count). The molecule has 1 aromatic rings. The number of sulfonamides is 1. The van der Waals surface area contributed by atoms with E-state index in [1.807, 2.05) is 0 Å². The first kappa shape index (κ1) is 17.9. The highest BCUT2D eigenvalue weighted by molar-refractivity contribution is 7.89. The lowest BCUT2D eigenvalue weighted by atomic mass is 10.3. The van der Waals surface area contributed by atoms with Crippen molar-refractivity contribution in [3.8, 4) is 5.88 Å². The molecule has 0 unspecified atom stereocenters. The third-order valence-electron chi connectivity index (χ3n) is 2.90. The van der Waals surface area contributed by atoms with Gasteiger partial charge in [0, 0.05) is 24.8 Å². The molecule has 0 fully saturated rings. The van der Waals surface area contributed by atoms with Gasteiger partial charge in [-0.1, -0.05) is 19.9 Å². The first-order chi connectivity index (χ1) is 9.93. The Bertz CT molecular complexity index is 501. The fourth-order valence-corrected chi connectivity index (χ4v) is 2.82. The highest BCUT2D eigenvalue weighted by Gasteiger charge is 2.09. The van der Waals surface area contributed by atoms with Gasteiger partial charge in [-0.25, -0.2) is 18.1 Å². The van der Waals surface area contributed by atoms with Crippen LogP contribution in [0.15, 0.2) is 18.3 Å². The smallest absolute Gasteiger partial charge is 0.212 e. The number of nitrogens with zero attached hydrogens (tertiary/aromatic N) is 1. The molecule has 0 aliphatic rings. The topological polar surface area (TPSA) is 80.3 Å². The molecule has 0 aromatic carbocycles. The largest absolute Gasteiger partial charge is 0.481 e. The van der Waals surface area contributed by atoms with Crippen molar-refractivity contribution in [2.45, 2.75) is 39.3 Å². The molecule has 0 radical (unpaired) electrons. The van der Waals surface area contributed by atoms with Crippen LogP contribution in [-0.4, -0.2) is 38.9 Å². The lowest BCUT2D eigenvalue weighted by Crippen LogP contribution is -2.27. The quantitative estimate of drug-likeness (QED) is 0.636. The van der Waals surface area contributed by atoms with Crippen molar-refractivity contribution in [2.24, 2.45) is 0 Å². The summed E-state index contributed by atoms with van der Waals surface area (Å²) in [6, 6.07) is 3.93. The van der Waals surface area contributed by atoms with Crippen molar-refractivity contribution < 1.29 is 13.2 Å². The minimum Gasteiger partial charge on any atom is -0.481 e. The SMILES string of the molecule is COc1ccc(CNS(=O)(=O)CCCCNC(C)C)cn1. The molecule has 21 heavy (non-hydrogen) atoms. The Hall–Kier alpha value is -1.18. The average Bonchev–Trinajstić information content (AvgIpc) is 2.45. The van der Waals surface area contributed by atoms with Crippen LogP contribution in [0.25, 0.3) is 0 Å². The molecular formula is C14H25N3O3S. The van der Waals surface area contributed by atoms with E-state index in [2.05, 4.69) is 28.9 Å². The van der Waals surface area contributed by atoms with E-state index in [1.165, 1.54) is 0 Å². The van der Waals surface area contributed by atoms with E-state index >= 15 is 0 Å². The number of rotatable bonds is 10. The lowest BCUT2D eigenvalue weighted by Gasteiger charge is -2.09. The standard InChI is InChI=1S/C14H25N3O3S/c1-12(2)15-8-4-5-9-21(18,19)17-11-13-6-7-14(20-3)16-10-13/h6-7,10,12,15,17H,4-5,8-9,11H2,1-3H3. The fraction of sp³-hybridized carbons (Fsp3) is 0.643. The molecule has 0 spiro atoms. The van der Waals surface area contributed by atoms with Crippen molar-refractivity contribution in [2.75, 3.05) is 19.4 Å². The van der Waals surface area contributed by atoms with E-state index in [0.29, 0.717) is 18.3 Å². The normalized spacial score (nSPS) is 11.8. The minimum absolute atomic E-state index is 0.149. The molecule has 1 aromatic heterocycles. The van der Waals surface area contributed by atoms with Gasteiger partial charge in [0.25, 0.3) is 0 Å². The number of aromatic nitrogens is 1. The third-order valence-corrected chi connectivity index (χ3v) is 4.31. The summed E-state index contributed by atoms with van der Waals surface area (Å²) in [6.07, 6.45) is 3.10. The van der Waals surface area contributed by atoms with E-state index < -0.39 is 10.0 Å². The van der Waals surface area contributed by atoms with Crippen molar-refractivity contribution in [1.29, 1.82) is 0 Å². The van der Waals surface area contributed by atoms with Gasteiger partial charge in [0.2, 0.25) is 15.9 Å². The zero-order valence-corrected chi connectivity index (χ0v) is 13.7. The van der Waals surface area contributed by atoms with Crippen LogP contribution in [0.4, 0.5) is 0 Å². The maximum Gasteiger partial charge on any atom is 0.212 e. The van der Waals surface area contributed by atoms with Gasteiger partial charge in [0.05, 0.1) is 12.9 Å². The van der Waals surface area contributed by atoms with Crippen LogP contribution >= 0.6 is 0 Å². The maximum absolute atomic E-state index is 11.8. The van der Waals surface area contributed by atoms with Crippen LogP contribution in [0.2, 0.25) is 0 Å². The summed E-state index contributed by atoms with van der Waals surface area (Å²) in [6.45, 7) is 5.24. The molecule has 6 nitrogen and oxygen atoms in total. The van der Waals surface area contributed by atoms with E-state index in [1.54, 1.807) is 25.4 Å². The van der Waals surface area contributed by atoms with Crippen molar-refractivity contribution in [1.82, 2.24) is 15.0 Å². The molecule has 1 heterocycles. The van der Waals surface area contributed by atoms with Gasteiger partial charge in [0.15, 0.2) is 0 Å². The summed E-state index contributed by atoms with van der Waals surface area (Å²) < 4.78 is 31.2. The van der Waals surface area contributed by atoms with Gasteiger partial charge in [-0.2, -0.15) is 0 Å². The number of methoxy groups -OCH3 is 1. The molecule has 0 aliphatic carbocycles. The maximum atomic E-state index is 11.8. The molecule has 2 N–H and O–H groups in total. The second-order valence-corrected chi connectivity index (χ2v) is 7.09. The second-order valence-electron chi connectivity index (χ2n) is 5.16. The van der Waals surface area contributed by atoms with E-state index in [-0.39, 0.29) is 12.3 Å². The Morgan fingerprint density at radius 2 is 2.05 bits per heavy atom. The van der Waals surface area contributed by atoms with E-state index in [9.17, 15) is 8.42 Å². The number of unbranched alkanes of at least 4 members (excludes halogenated alkanes) is 1. The van der Waals surface area contributed by atoms with Gasteiger partial charge in [-0.05, 0) is 24.9 Å². The van der Waals surface area contributed by atoms with Gasteiger partial charge in [-0.3, -0.25) is 0 Å². The molecule has 0 atom stereocenters.